The first-order valence-corrected chi connectivity index (χ1v) is 6.10. The Balaban J connectivity index is 2.40. The second-order valence-electron chi connectivity index (χ2n) is 4.39. The molecule has 0 aromatic heterocycles. The lowest BCUT2D eigenvalue weighted by molar-refractivity contribution is -0.109. The van der Waals surface area contributed by atoms with Gasteiger partial charge >= 0.3 is 0 Å². The Hall–Kier alpha value is -2.02. The van der Waals surface area contributed by atoms with Crippen LogP contribution in [-0.2, 0) is 4.79 Å². The van der Waals surface area contributed by atoms with Gasteiger partial charge in [-0.05, 0) is 31.4 Å². The summed E-state index contributed by atoms with van der Waals surface area (Å²) in [4.78, 5) is 13.2. The van der Waals surface area contributed by atoms with E-state index in [1.165, 1.54) is 0 Å². The molecular formula is C14H16N2O2. The maximum atomic E-state index is 11.1. The zero-order valence-electron chi connectivity index (χ0n) is 10.4. The van der Waals surface area contributed by atoms with E-state index < -0.39 is 0 Å². The largest absolute Gasteiger partial charge is 0.497 e. The van der Waals surface area contributed by atoms with Crippen LogP contribution in [0.4, 0.5) is 5.69 Å². The fourth-order valence-corrected chi connectivity index (χ4v) is 2.37. The molecular weight excluding hydrogens is 228 g/mol. The number of rotatable bonds is 3. The molecule has 0 spiro atoms. The Morgan fingerprint density at radius 2 is 2.33 bits per heavy atom. The number of piperidine rings is 1. The molecule has 0 saturated carbocycles. The number of hydrogen-bond donors (Lipinski definition) is 0. The molecule has 2 rings (SSSR count). The maximum Gasteiger partial charge on any atom is 0.142 e. The summed E-state index contributed by atoms with van der Waals surface area (Å²) in [7, 11) is 1.60. The molecule has 0 aliphatic carbocycles. The van der Waals surface area contributed by atoms with Gasteiger partial charge in [-0.2, -0.15) is 5.26 Å². The minimum atomic E-state index is -0.127. The van der Waals surface area contributed by atoms with Gasteiger partial charge in [0.25, 0.3) is 0 Å². The van der Waals surface area contributed by atoms with Gasteiger partial charge in [0.1, 0.15) is 18.1 Å². The van der Waals surface area contributed by atoms with Crippen molar-refractivity contribution in [3.63, 3.8) is 0 Å². The van der Waals surface area contributed by atoms with Crippen molar-refractivity contribution in [2.45, 2.75) is 25.3 Å². The monoisotopic (exact) mass is 244 g/mol. The van der Waals surface area contributed by atoms with Crippen LogP contribution < -0.4 is 9.64 Å². The molecule has 1 aliphatic heterocycles. The smallest absolute Gasteiger partial charge is 0.142 e. The number of carbonyl (C=O) groups excluding carboxylic acids is 1. The van der Waals surface area contributed by atoms with E-state index in [2.05, 4.69) is 6.07 Å². The van der Waals surface area contributed by atoms with E-state index in [-0.39, 0.29) is 6.04 Å². The van der Waals surface area contributed by atoms with Crippen molar-refractivity contribution >= 4 is 12.0 Å². The first-order chi connectivity index (χ1) is 8.80. The van der Waals surface area contributed by atoms with Crippen LogP contribution in [0, 0.1) is 11.3 Å². The lowest BCUT2D eigenvalue weighted by Crippen LogP contribution is -2.41. The van der Waals surface area contributed by atoms with Gasteiger partial charge in [-0.1, -0.05) is 0 Å². The summed E-state index contributed by atoms with van der Waals surface area (Å²) in [5.41, 5.74) is 1.39. The normalized spacial score (nSPS) is 19.1. The number of methoxy groups -OCH3 is 1. The lowest BCUT2D eigenvalue weighted by Gasteiger charge is -2.34. The highest BCUT2D eigenvalue weighted by molar-refractivity contribution is 5.71. The summed E-state index contributed by atoms with van der Waals surface area (Å²) in [6.45, 7) is 0.811. The number of benzene rings is 1. The van der Waals surface area contributed by atoms with E-state index in [0.29, 0.717) is 11.3 Å². The minimum absolute atomic E-state index is 0.127. The number of ether oxygens (including phenoxy) is 1. The van der Waals surface area contributed by atoms with Gasteiger partial charge < -0.3 is 14.4 Å². The van der Waals surface area contributed by atoms with Crippen molar-refractivity contribution in [2.75, 3.05) is 18.6 Å². The Morgan fingerprint density at radius 3 is 3.00 bits per heavy atom. The van der Waals surface area contributed by atoms with E-state index in [1.807, 2.05) is 11.0 Å². The molecule has 94 valence electrons. The molecule has 1 aliphatic rings. The standard InChI is InChI=1S/C14H16N2O2/c1-18-13-6-5-11(9-15)14(8-13)16-7-3-2-4-12(16)10-17/h5-6,8,10,12H,2-4,7H2,1H3. The predicted molar refractivity (Wildman–Crippen MR) is 68.8 cm³/mol. The van der Waals surface area contributed by atoms with E-state index in [0.717, 1.165) is 37.8 Å². The second kappa shape index (κ2) is 5.54. The van der Waals surface area contributed by atoms with Crippen LogP contribution in [0.1, 0.15) is 24.8 Å². The van der Waals surface area contributed by atoms with E-state index in [4.69, 9.17) is 10.00 Å². The Labute approximate surface area is 107 Å². The predicted octanol–water partition coefficient (Wildman–Crippen LogP) is 2.12. The molecule has 1 aromatic carbocycles. The molecule has 18 heavy (non-hydrogen) atoms. The zero-order chi connectivity index (χ0) is 13.0. The van der Waals surface area contributed by atoms with Crippen LogP contribution in [-0.4, -0.2) is 26.0 Å². The topological polar surface area (TPSA) is 53.3 Å². The molecule has 1 fully saturated rings. The Kier molecular flexibility index (Phi) is 3.83. The van der Waals surface area contributed by atoms with Gasteiger partial charge in [0.15, 0.2) is 0 Å². The van der Waals surface area contributed by atoms with Gasteiger partial charge in [0, 0.05) is 12.6 Å². The van der Waals surface area contributed by atoms with Crippen LogP contribution in [0.3, 0.4) is 0 Å². The van der Waals surface area contributed by atoms with Crippen LogP contribution in [0.15, 0.2) is 18.2 Å². The Morgan fingerprint density at radius 1 is 1.50 bits per heavy atom. The summed E-state index contributed by atoms with van der Waals surface area (Å²) in [6, 6.07) is 7.39. The van der Waals surface area contributed by atoms with Crippen molar-refractivity contribution < 1.29 is 9.53 Å². The molecule has 1 saturated heterocycles. The molecule has 4 heteroatoms. The van der Waals surface area contributed by atoms with E-state index >= 15 is 0 Å². The number of nitrogens with zero attached hydrogens (tertiary/aromatic N) is 2. The summed E-state index contributed by atoms with van der Waals surface area (Å²) in [5, 5.41) is 9.17. The average Bonchev–Trinajstić information content (AvgIpc) is 2.46. The first-order valence-electron chi connectivity index (χ1n) is 6.10. The fraction of sp³-hybridized carbons (Fsp3) is 0.429. The van der Waals surface area contributed by atoms with Crippen molar-refractivity contribution in [1.82, 2.24) is 0 Å². The third-order valence-corrected chi connectivity index (χ3v) is 3.34. The quantitative estimate of drug-likeness (QED) is 0.764. The molecule has 0 N–H and O–H groups in total. The third kappa shape index (κ3) is 2.30. The zero-order valence-corrected chi connectivity index (χ0v) is 10.4. The van der Waals surface area contributed by atoms with Crippen LogP contribution >= 0.6 is 0 Å². The molecule has 1 atom stereocenters. The van der Waals surface area contributed by atoms with Crippen LogP contribution in [0.25, 0.3) is 0 Å². The number of anilines is 1. The number of nitriles is 1. The van der Waals surface area contributed by atoms with Gasteiger partial charge in [-0.3, -0.25) is 0 Å². The molecule has 1 aromatic rings. The number of aldehydes is 1. The summed E-state index contributed by atoms with van der Waals surface area (Å²) < 4.78 is 5.19. The van der Waals surface area contributed by atoms with Crippen molar-refractivity contribution in [1.29, 1.82) is 5.26 Å². The fourth-order valence-electron chi connectivity index (χ4n) is 2.37. The van der Waals surface area contributed by atoms with Gasteiger partial charge in [-0.15, -0.1) is 0 Å². The maximum absolute atomic E-state index is 11.1. The highest BCUT2D eigenvalue weighted by atomic mass is 16.5. The van der Waals surface area contributed by atoms with E-state index in [9.17, 15) is 4.79 Å². The van der Waals surface area contributed by atoms with Gasteiger partial charge in [0.2, 0.25) is 0 Å². The molecule has 4 nitrogen and oxygen atoms in total. The third-order valence-electron chi connectivity index (χ3n) is 3.34. The molecule has 1 unspecified atom stereocenters. The molecule has 0 bridgehead atoms. The van der Waals surface area contributed by atoms with E-state index in [1.54, 1.807) is 19.2 Å². The molecule has 0 radical (unpaired) electrons. The first kappa shape index (κ1) is 12.4. The van der Waals surface area contributed by atoms with Crippen molar-refractivity contribution in [3.05, 3.63) is 23.8 Å². The second-order valence-corrected chi connectivity index (χ2v) is 4.39. The summed E-state index contributed by atoms with van der Waals surface area (Å²) in [5.74, 6) is 0.708. The molecule has 0 amide bonds. The lowest BCUT2D eigenvalue weighted by atomic mass is 10.0. The highest BCUT2D eigenvalue weighted by Crippen LogP contribution is 2.30. The molecule has 1 heterocycles. The van der Waals surface area contributed by atoms with Crippen molar-refractivity contribution in [3.8, 4) is 11.8 Å². The van der Waals surface area contributed by atoms with Crippen LogP contribution in [0.5, 0.6) is 5.75 Å². The number of carbonyl (C=O) groups is 1. The summed E-state index contributed by atoms with van der Waals surface area (Å²) in [6.07, 6.45) is 3.93. The highest BCUT2D eigenvalue weighted by Gasteiger charge is 2.24. The minimum Gasteiger partial charge on any atom is -0.497 e. The van der Waals surface area contributed by atoms with Gasteiger partial charge in [0.05, 0.1) is 24.4 Å². The van der Waals surface area contributed by atoms with Gasteiger partial charge in [-0.25, -0.2) is 0 Å². The Bertz CT molecular complexity index is 479. The average molecular weight is 244 g/mol. The number of hydrogen-bond acceptors (Lipinski definition) is 4. The SMILES string of the molecule is COc1ccc(C#N)c(N2CCCCC2C=O)c1. The van der Waals surface area contributed by atoms with Crippen LogP contribution in [0.2, 0.25) is 0 Å². The summed E-state index contributed by atoms with van der Waals surface area (Å²) >= 11 is 0. The van der Waals surface area contributed by atoms with Crippen molar-refractivity contribution in [2.24, 2.45) is 0 Å².